The molecule has 6 aromatic carbocycles. The van der Waals surface area contributed by atoms with E-state index in [0.717, 1.165) is 202 Å². The molecule has 576 valence electrons. The number of nitrogens with zero attached hydrogens (tertiary/aromatic N) is 16. The van der Waals surface area contributed by atoms with Crippen molar-refractivity contribution in [3.05, 3.63) is 171 Å². The van der Waals surface area contributed by atoms with E-state index < -0.39 is 9.52 Å². The van der Waals surface area contributed by atoms with Gasteiger partial charge >= 0.3 is 0 Å². The molecule has 8 heterocycles. The van der Waals surface area contributed by atoms with Crippen LogP contribution >= 0.6 is 0 Å². The summed E-state index contributed by atoms with van der Waals surface area (Å²) in [5.41, 5.74) is 16.4. The number of benzene rings is 6. The number of rotatable bonds is 27. The smallest absolute Gasteiger partial charge is 0.251 e. The van der Waals surface area contributed by atoms with Gasteiger partial charge in [-0.15, -0.1) is 0 Å². The summed E-state index contributed by atoms with van der Waals surface area (Å²) in [6.45, 7) is 17.0. The van der Waals surface area contributed by atoms with Crippen molar-refractivity contribution in [2.75, 3.05) is 121 Å². The van der Waals surface area contributed by atoms with Crippen LogP contribution in [0.4, 0.5) is 34.1 Å². The molecule has 0 saturated carbocycles. The van der Waals surface area contributed by atoms with Crippen molar-refractivity contribution in [1.82, 2.24) is 74.8 Å². The number of carbonyl (C=O) groups excluding carboxylic acids is 1. The van der Waals surface area contributed by atoms with Gasteiger partial charge in [0.05, 0.1) is 123 Å². The van der Waals surface area contributed by atoms with Crippen molar-refractivity contribution in [1.29, 1.82) is 0 Å². The molecule has 0 bridgehead atoms. The Balaban J connectivity index is 0.000000154. The molecule has 2 saturated heterocycles. The second kappa shape index (κ2) is 36.3. The molecule has 0 aliphatic carbocycles. The van der Waals surface area contributed by atoms with Crippen LogP contribution in [-0.2, 0) is 21.3 Å². The normalized spacial score (nSPS) is 14.2. The minimum absolute atomic E-state index is 0.0000227. The number of fused-ring (bicyclic) bond motifs is 3. The summed E-state index contributed by atoms with van der Waals surface area (Å²) in [6, 6.07) is 36.4. The molecule has 26 nitrogen and oxygen atoms in total. The van der Waals surface area contributed by atoms with E-state index in [1.54, 1.807) is 71.9 Å². The van der Waals surface area contributed by atoms with Gasteiger partial charge in [-0.2, -0.15) is 15.3 Å². The average molecular weight is 1510 g/mol. The highest BCUT2D eigenvalue weighted by Gasteiger charge is 2.23. The molecular formula is C83H100N18O8S. The predicted octanol–water partition coefficient (Wildman–Crippen LogP) is 13.9. The van der Waals surface area contributed by atoms with E-state index in [9.17, 15) is 9.00 Å². The average Bonchev–Trinajstić information content (AvgIpc) is 1.07. The van der Waals surface area contributed by atoms with Crippen LogP contribution in [0.15, 0.2) is 165 Å². The van der Waals surface area contributed by atoms with Gasteiger partial charge in [0, 0.05) is 201 Å². The topological polar surface area (TPSA) is 257 Å². The Hall–Kier alpha value is -11.3. The molecule has 2 aliphatic heterocycles. The highest BCUT2D eigenvalue weighted by atomic mass is 32.2. The standard InChI is InChI=1S/C28H35N7O2.C28H34N6O3S.C27H31N5O3/c1-18(2)30-9-10-34(23-11-20(28(36)29-5)12-24(13-23)37-6)22-7-8-25-26(14-22)33-27(16-31-25)21-15-32-35(17-21)19(3)4;1-32-20-21(18-30-32)28-19-29-26-7-6-22(16-27(26)31-28)34(23-14-24(36-2)17-25(15-23)37-3)9-5-8-33-10-12-38(4,35)13-11-33;1-4-10-31(21-12-22(33-2)15-23(13-21)34-3)20-8-9-24-25(14-20)30-26(17-28-24)19-16-29-32(18-19)27-7-5-6-11-35-27/h7-8,11-19,30H,9-10H2,1-6H3,(H,29,36);6-7,14-20H,4-5,8-13H2,1-3H3;8-9,12-18,27H,4-7,10-11H2,1-3H3. The van der Waals surface area contributed by atoms with Gasteiger partial charge < -0.3 is 58.7 Å². The van der Waals surface area contributed by atoms with Gasteiger partial charge in [0.25, 0.3) is 5.91 Å². The van der Waals surface area contributed by atoms with E-state index >= 15 is 0 Å². The first kappa shape index (κ1) is 78.3. The van der Waals surface area contributed by atoms with Gasteiger partial charge in [-0.25, -0.2) is 19.6 Å². The molecular weight excluding hydrogens is 1410 g/mol. The summed E-state index contributed by atoms with van der Waals surface area (Å²) in [4.78, 5) is 50.2. The summed E-state index contributed by atoms with van der Waals surface area (Å²) >= 11 is 0. The Bertz CT molecular complexity index is 5180. The molecule has 12 aromatic rings. The number of aromatic nitrogens is 12. The number of methoxy groups -OCH3 is 5. The van der Waals surface area contributed by atoms with Crippen LogP contribution < -0.4 is 49.0 Å². The molecule has 110 heavy (non-hydrogen) atoms. The van der Waals surface area contributed by atoms with Crippen LogP contribution in [0.3, 0.4) is 0 Å². The predicted molar refractivity (Wildman–Crippen MR) is 438 cm³/mol. The number of amides is 1. The van der Waals surface area contributed by atoms with Crippen molar-refractivity contribution in [3.8, 4) is 62.5 Å². The van der Waals surface area contributed by atoms with Gasteiger partial charge in [0.15, 0.2) is 0 Å². The summed E-state index contributed by atoms with van der Waals surface area (Å²) in [6.07, 6.45) is 21.9. The second-order valence-corrected chi connectivity index (χ2v) is 30.5. The number of hydrogen-bond donors (Lipinski definition) is 2. The Morgan fingerprint density at radius 3 is 1.49 bits per heavy atom. The zero-order valence-corrected chi connectivity index (χ0v) is 65.8. The van der Waals surface area contributed by atoms with E-state index in [2.05, 4.69) is 125 Å². The van der Waals surface area contributed by atoms with Crippen molar-refractivity contribution < 1.29 is 37.4 Å². The van der Waals surface area contributed by atoms with Crippen LogP contribution in [0.5, 0.6) is 28.7 Å². The van der Waals surface area contributed by atoms with Crippen LogP contribution in [0.2, 0.25) is 0 Å². The van der Waals surface area contributed by atoms with Gasteiger partial charge in [-0.05, 0) is 135 Å². The maximum atomic E-state index is 12.5. The van der Waals surface area contributed by atoms with E-state index in [0.29, 0.717) is 35.4 Å². The summed E-state index contributed by atoms with van der Waals surface area (Å²) in [5, 5.41) is 19.4. The summed E-state index contributed by atoms with van der Waals surface area (Å²) < 4.78 is 51.3. The lowest BCUT2D eigenvalue weighted by Crippen LogP contribution is -2.41. The molecule has 1 atom stereocenters. The Labute approximate surface area is 643 Å². The SMILES string of the molecule is C=S1(=O)CCN(CCCN(c2cc(OC)cc(OC)c2)c2ccc3ncc(-c4cnn(C)c4)nc3c2)CC1.CCCN(c1cc(OC)cc(OC)c1)c1ccc2ncc(-c3cnn(C4CCCCO4)c3)nc2c1.CNC(=O)c1cc(OC)cc(N(CCNC(C)C)c2ccc3ncc(-c4cnn(C(C)C)c4)nc3c2)c1. The minimum Gasteiger partial charge on any atom is -0.497 e. The molecule has 27 heteroatoms. The Kier molecular flexibility index (Phi) is 25.8. The molecule has 6 aromatic heterocycles. The van der Waals surface area contributed by atoms with Crippen molar-refractivity contribution in [2.45, 2.75) is 85.0 Å². The number of aryl methyl sites for hydroxylation is 1. The third-order valence-corrected chi connectivity index (χ3v) is 21.1. The molecule has 2 N–H and O–H groups in total. The van der Waals surface area contributed by atoms with Crippen molar-refractivity contribution >= 4 is 88.5 Å². The molecule has 0 radical (unpaired) electrons. The molecule has 2 aliphatic rings. The lowest BCUT2D eigenvalue weighted by molar-refractivity contribution is -0.0394. The first-order valence-electron chi connectivity index (χ1n) is 37.3. The minimum atomic E-state index is -1.90. The van der Waals surface area contributed by atoms with E-state index in [4.69, 9.17) is 43.4 Å². The number of carbonyl (C=O) groups is 1. The summed E-state index contributed by atoms with van der Waals surface area (Å²) in [7, 11) is 9.86. The van der Waals surface area contributed by atoms with E-state index in [1.165, 1.54) is 0 Å². The van der Waals surface area contributed by atoms with Crippen LogP contribution in [-0.4, -0.2) is 193 Å². The van der Waals surface area contributed by atoms with Crippen LogP contribution in [0.25, 0.3) is 66.9 Å². The molecule has 0 spiro atoms. The molecule has 1 amide bonds. The molecule has 1 unspecified atom stereocenters. The fourth-order valence-electron chi connectivity index (χ4n) is 13.2. The lowest BCUT2D eigenvalue weighted by Gasteiger charge is -2.31. The maximum absolute atomic E-state index is 12.5. The van der Waals surface area contributed by atoms with Gasteiger partial charge in [0.2, 0.25) is 0 Å². The number of nitrogens with one attached hydrogen (secondary N) is 2. The highest BCUT2D eigenvalue weighted by molar-refractivity contribution is 8.00. The first-order valence-corrected chi connectivity index (χ1v) is 39.4. The fraction of sp³-hybridized carbons (Fsp3) is 0.361. The molecule has 14 rings (SSSR count). The summed E-state index contributed by atoms with van der Waals surface area (Å²) in [5.74, 6) is 8.64. The van der Waals surface area contributed by atoms with Crippen LogP contribution in [0, 0.1) is 0 Å². The fourth-order valence-corrected chi connectivity index (χ4v) is 14.6. The number of ether oxygens (including phenoxy) is 6. The van der Waals surface area contributed by atoms with Gasteiger partial charge in [-0.3, -0.25) is 33.3 Å². The molecule has 2 fully saturated rings. The van der Waals surface area contributed by atoms with Crippen molar-refractivity contribution in [2.24, 2.45) is 7.05 Å². The Morgan fingerprint density at radius 1 is 0.564 bits per heavy atom. The number of hydrogen-bond acceptors (Lipinski definition) is 22. The zero-order chi connectivity index (χ0) is 77.4. The van der Waals surface area contributed by atoms with Gasteiger partial charge in [-0.1, -0.05) is 20.8 Å². The third kappa shape index (κ3) is 19.6. The van der Waals surface area contributed by atoms with E-state index in [-0.39, 0.29) is 18.2 Å². The second-order valence-electron chi connectivity index (χ2n) is 27.8. The lowest BCUT2D eigenvalue weighted by atomic mass is 10.1. The highest BCUT2D eigenvalue weighted by Crippen LogP contribution is 2.38. The number of anilines is 6. The monoisotopic (exact) mass is 1510 g/mol. The van der Waals surface area contributed by atoms with Crippen molar-refractivity contribution in [3.63, 3.8) is 0 Å². The third-order valence-electron chi connectivity index (χ3n) is 19.3. The first-order chi connectivity index (χ1) is 53.3. The van der Waals surface area contributed by atoms with Crippen LogP contribution in [0.1, 0.15) is 89.4 Å². The van der Waals surface area contributed by atoms with E-state index in [1.807, 2.05) is 132 Å². The maximum Gasteiger partial charge on any atom is 0.251 e. The largest absolute Gasteiger partial charge is 0.497 e. The zero-order valence-electron chi connectivity index (χ0n) is 65.0. The van der Waals surface area contributed by atoms with Gasteiger partial charge in [0.1, 0.15) is 35.0 Å². The Morgan fingerprint density at radius 2 is 1.04 bits per heavy atom. The quantitative estimate of drug-likeness (QED) is 0.0453.